The molecule has 3 aromatic rings. The van der Waals surface area contributed by atoms with Gasteiger partial charge in [-0.1, -0.05) is 23.2 Å². The number of aliphatic hydroxyl groups is 1. The van der Waals surface area contributed by atoms with Crippen molar-refractivity contribution in [2.45, 2.75) is 25.7 Å². The van der Waals surface area contributed by atoms with Gasteiger partial charge in [-0.05, 0) is 48.3 Å². The molecule has 1 fully saturated rings. The summed E-state index contributed by atoms with van der Waals surface area (Å²) >= 11 is 13.0. The average Bonchev–Trinajstić information content (AvgIpc) is 3.42. The number of aliphatic hydroxyl groups excluding tert-OH is 1. The molecule has 29 heavy (non-hydrogen) atoms. The number of benzene rings is 1. The Labute approximate surface area is 178 Å². The van der Waals surface area contributed by atoms with Gasteiger partial charge in [-0.15, -0.1) is 0 Å². The van der Waals surface area contributed by atoms with Crippen LogP contribution < -0.4 is 0 Å². The first-order valence-electron chi connectivity index (χ1n) is 9.80. The quantitative estimate of drug-likeness (QED) is 0.649. The van der Waals surface area contributed by atoms with Crippen LogP contribution in [0.25, 0.3) is 22.0 Å². The van der Waals surface area contributed by atoms with Gasteiger partial charge in [0.05, 0.1) is 21.8 Å². The molecule has 3 heterocycles. The molecule has 1 saturated heterocycles. The zero-order chi connectivity index (χ0) is 20.3. The van der Waals surface area contributed by atoms with Crippen molar-refractivity contribution in [3.05, 3.63) is 39.8 Å². The van der Waals surface area contributed by atoms with Crippen LogP contribution in [0.15, 0.2) is 18.5 Å². The molecule has 1 aromatic carbocycles. The summed E-state index contributed by atoms with van der Waals surface area (Å²) in [6.45, 7) is 0.981. The zero-order valence-corrected chi connectivity index (χ0v) is 17.6. The first-order valence-corrected chi connectivity index (χ1v) is 10.6. The van der Waals surface area contributed by atoms with Crippen LogP contribution in [-0.2, 0) is 24.7 Å². The van der Waals surface area contributed by atoms with Crippen molar-refractivity contribution in [1.82, 2.24) is 19.7 Å². The first kappa shape index (κ1) is 19.0. The van der Waals surface area contributed by atoms with Gasteiger partial charge in [0.2, 0.25) is 5.91 Å². The number of carbonyl (C=O) groups is 1. The number of nitrogens with one attached hydrogen (secondary N) is 1. The van der Waals surface area contributed by atoms with E-state index in [1.165, 1.54) is 11.3 Å². The summed E-state index contributed by atoms with van der Waals surface area (Å²) in [5, 5.41) is 15.7. The van der Waals surface area contributed by atoms with E-state index in [2.05, 4.69) is 10.1 Å². The van der Waals surface area contributed by atoms with Crippen LogP contribution in [0.1, 0.15) is 24.1 Å². The second-order valence-electron chi connectivity index (χ2n) is 8.35. The standard InChI is InChI=1S/C21H22Cl2N4O2/c1-26-9-12(8-24-26)13-6-15(22)19(23)20-18(13)14-7-21(3-2-16(14)25-20)4-5-27(11-21)17(29)10-28/h6,8-9,25,28H,2-5,7,10-11H2,1H3. The molecule has 2 aromatic heterocycles. The molecule has 0 saturated carbocycles. The fourth-order valence-electron chi connectivity index (χ4n) is 5.08. The number of carbonyl (C=O) groups excluding carboxylic acids is 1. The highest BCUT2D eigenvalue weighted by Crippen LogP contribution is 2.48. The maximum Gasteiger partial charge on any atom is 0.248 e. The molecule has 1 unspecified atom stereocenters. The Kier molecular flexibility index (Phi) is 4.42. The van der Waals surface area contributed by atoms with E-state index in [0.29, 0.717) is 23.1 Å². The summed E-state index contributed by atoms with van der Waals surface area (Å²) in [7, 11) is 1.89. The molecular weight excluding hydrogens is 411 g/mol. The predicted molar refractivity (Wildman–Crippen MR) is 113 cm³/mol. The lowest BCUT2D eigenvalue weighted by molar-refractivity contribution is -0.133. The third-order valence-corrected chi connectivity index (χ3v) is 7.35. The van der Waals surface area contributed by atoms with E-state index in [1.807, 2.05) is 25.5 Å². The highest BCUT2D eigenvalue weighted by Gasteiger charge is 2.43. The van der Waals surface area contributed by atoms with Crippen LogP contribution >= 0.6 is 23.2 Å². The van der Waals surface area contributed by atoms with E-state index < -0.39 is 6.61 Å². The Morgan fingerprint density at radius 3 is 2.93 bits per heavy atom. The SMILES string of the molecule is Cn1cc(-c2cc(Cl)c(Cl)c3[nH]c4c(c23)CC2(CC4)CCN(C(=O)CO)C2)cn1. The largest absolute Gasteiger partial charge is 0.387 e. The van der Waals surface area contributed by atoms with E-state index in [4.69, 9.17) is 23.2 Å². The van der Waals surface area contributed by atoms with Gasteiger partial charge < -0.3 is 15.0 Å². The monoisotopic (exact) mass is 432 g/mol. The number of aromatic amines is 1. The second kappa shape index (κ2) is 6.76. The van der Waals surface area contributed by atoms with Crippen LogP contribution in [-0.4, -0.2) is 50.4 Å². The maximum absolute atomic E-state index is 12.0. The number of halogens is 2. The summed E-state index contributed by atoms with van der Waals surface area (Å²) in [5.41, 5.74) is 5.42. The van der Waals surface area contributed by atoms with Crippen molar-refractivity contribution in [3.8, 4) is 11.1 Å². The van der Waals surface area contributed by atoms with Crippen LogP contribution in [0.4, 0.5) is 0 Å². The van der Waals surface area contributed by atoms with E-state index in [1.54, 1.807) is 9.58 Å². The number of H-pyrrole nitrogens is 1. The van der Waals surface area contributed by atoms with Crippen molar-refractivity contribution < 1.29 is 9.90 Å². The van der Waals surface area contributed by atoms with Crippen LogP contribution in [0.5, 0.6) is 0 Å². The van der Waals surface area contributed by atoms with Gasteiger partial charge in [0, 0.05) is 43.0 Å². The fourth-order valence-corrected chi connectivity index (χ4v) is 5.48. The normalized spacial score (nSPS) is 21.3. The zero-order valence-electron chi connectivity index (χ0n) is 16.1. The van der Waals surface area contributed by atoms with Crippen molar-refractivity contribution in [2.75, 3.05) is 19.7 Å². The Hall–Kier alpha value is -2.02. The van der Waals surface area contributed by atoms with Gasteiger partial charge in [-0.2, -0.15) is 5.10 Å². The number of likely N-dealkylation sites (tertiary alicyclic amines) is 1. The van der Waals surface area contributed by atoms with Gasteiger partial charge in [-0.3, -0.25) is 9.48 Å². The Bertz CT molecular complexity index is 1140. The second-order valence-corrected chi connectivity index (χ2v) is 9.14. The molecule has 0 bridgehead atoms. The third kappa shape index (κ3) is 2.97. The average molecular weight is 433 g/mol. The molecule has 0 radical (unpaired) electrons. The van der Waals surface area contributed by atoms with Gasteiger partial charge in [0.15, 0.2) is 0 Å². The maximum atomic E-state index is 12.0. The minimum atomic E-state index is -0.423. The number of nitrogens with zero attached hydrogens (tertiary/aromatic N) is 3. The Morgan fingerprint density at radius 1 is 1.38 bits per heavy atom. The molecule has 6 nitrogen and oxygen atoms in total. The number of rotatable bonds is 2. The van der Waals surface area contributed by atoms with Crippen LogP contribution in [0.3, 0.4) is 0 Å². The minimum absolute atomic E-state index is 0.0469. The van der Waals surface area contributed by atoms with Gasteiger partial charge in [0.25, 0.3) is 0 Å². The number of hydrogen-bond acceptors (Lipinski definition) is 3. The summed E-state index contributed by atoms with van der Waals surface area (Å²) in [6.07, 6.45) is 7.57. The molecule has 1 aliphatic carbocycles. The molecule has 1 atom stereocenters. The molecule has 2 aliphatic rings. The number of aryl methyl sites for hydroxylation is 2. The highest BCUT2D eigenvalue weighted by molar-refractivity contribution is 6.45. The summed E-state index contributed by atoms with van der Waals surface area (Å²) in [4.78, 5) is 17.3. The Morgan fingerprint density at radius 2 is 2.21 bits per heavy atom. The molecule has 5 rings (SSSR count). The molecule has 2 N–H and O–H groups in total. The topological polar surface area (TPSA) is 74.2 Å². The van der Waals surface area contributed by atoms with Crippen molar-refractivity contribution in [1.29, 1.82) is 0 Å². The van der Waals surface area contributed by atoms with Crippen molar-refractivity contribution in [3.63, 3.8) is 0 Å². The van der Waals surface area contributed by atoms with E-state index in [-0.39, 0.29) is 11.3 Å². The smallest absolute Gasteiger partial charge is 0.248 e. The lowest BCUT2D eigenvalue weighted by Crippen LogP contribution is -2.36. The van der Waals surface area contributed by atoms with E-state index >= 15 is 0 Å². The summed E-state index contributed by atoms with van der Waals surface area (Å²) in [6, 6.07) is 1.93. The number of aromatic nitrogens is 3. The molecule has 1 amide bonds. The Balaban J connectivity index is 1.64. The van der Waals surface area contributed by atoms with Crippen LogP contribution in [0.2, 0.25) is 10.0 Å². The summed E-state index contributed by atoms with van der Waals surface area (Å²) < 4.78 is 1.78. The minimum Gasteiger partial charge on any atom is -0.387 e. The molecular formula is C21H22Cl2N4O2. The summed E-state index contributed by atoms with van der Waals surface area (Å²) in [5.74, 6) is -0.183. The highest BCUT2D eigenvalue weighted by atomic mass is 35.5. The van der Waals surface area contributed by atoms with Crippen molar-refractivity contribution in [2.24, 2.45) is 12.5 Å². The van der Waals surface area contributed by atoms with Gasteiger partial charge in [0.1, 0.15) is 6.61 Å². The molecule has 1 aliphatic heterocycles. The predicted octanol–water partition coefficient (Wildman–Crippen LogP) is 3.57. The van der Waals surface area contributed by atoms with Crippen molar-refractivity contribution >= 4 is 40.0 Å². The number of fused-ring (bicyclic) bond motifs is 3. The van der Waals surface area contributed by atoms with E-state index in [0.717, 1.165) is 47.7 Å². The van der Waals surface area contributed by atoms with Gasteiger partial charge in [-0.25, -0.2) is 0 Å². The first-order chi connectivity index (χ1) is 13.9. The molecule has 1 spiro atoms. The lowest BCUT2D eigenvalue weighted by Gasteiger charge is -2.33. The fraction of sp³-hybridized carbons (Fsp3) is 0.429. The lowest BCUT2D eigenvalue weighted by atomic mass is 9.72. The van der Waals surface area contributed by atoms with Crippen LogP contribution in [0, 0.1) is 5.41 Å². The molecule has 152 valence electrons. The number of amides is 1. The van der Waals surface area contributed by atoms with E-state index in [9.17, 15) is 9.90 Å². The third-order valence-electron chi connectivity index (χ3n) is 6.56. The van der Waals surface area contributed by atoms with Gasteiger partial charge >= 0.3 is 0 Å². The number of hydrogen-bond donors (Lipinski definition) is 2. The molecule has 8 heteroatoms.